The van der Waals surface area contributed by atoms with E-state index < -0.39 is 0 Å². The molecule has 0 atom stereocenters. The van der Waals surface area contributed by atoms with Crippen molar-refractivity contribution in [3.63, 3.8) is 0 Å². The Morgan fingerprint density at radius 2 is 1.72 bits per heavy atom. The molecule has 1 aromatic carbocycles. The molecular weight excluding hydrogens is 410 g/mol. The Bertz CT molecular complexity index is 922. The van der Waals surface area contributed by atoms with Gasteiger partial charge in [-0.2, -0.15) is 0 Å². The lowest BCUT2D eigenvalue weighted by Gasteiger charge is -2.21. The monoisotopic (exact) mass is 433 g/mol. The molecule has 0 bridgehead atoms. The predicted octanol–water partition coefficient (Wildman–Crippen LogP) is 4.50. The number of amides is 1. The minimum Gasteiger partial charge on any atom is -0.486 e. The number of hydrogen-bond acceptors (Lipinski definition) is 7. The van der Waals surface area contributed by atoms with Crippen molar-refractivity contribution < 1.29 is 23.9 Å². The highest BCUT2D eigenvalue weighted by Gasteiger charge is 2.18. The zero-order valence-electron chi connectivity index (χ0n) is 16.4. The maximum atomic E-state index is 12.3. The Kier molecular flexibility index (Phi) is 7.33. The molecule has 154 valence electrons. The van der Waals surface area contributed by atoms with Crippen LogP contribution < -0.4 is 14.8 Å². The minimum atomic E-state index is -0.245. The van der Waals surface area contributed by atoms with E-state index in [1.807, 2.05) is 25.3 Å². The Balaban J connectivity index is 1.48. The number of aryl methyl sites for hydroxylation is 1. The number of Topliss-reactive ketones (excluding diaryl/α,β-unsaturated/α-hetero) is 2. The number of rotatable bonds is 9. The lowest BCUT2D eigenvalue weighted by molar-refractivity contribution is -0.122. The molecule has 6 nitrogen and oxygen atoms in total. The summed E-state index contributed by atoms with van der Waals surface area (Å²) in [5.74, 6) is 0.906. The van der Waals surface area contributed by atoms with Crippen molar-refractivity contribution in [3.05, 3.63) is 34.0 Å². The van der Waals surface area contributed by atoms with Gasteiger partial charge in [0.15, 0.2) is 17.3 Å². The summed E-state index contributed by atoms with van der Waals surface area (Å²) in [7, 11) is 0. The summed E-state index contributed by atoms with van der Waals surface area (Å²) in [5, 5.41) is 2.85. The highest BCUT2D eigenvalue weighted by atomic mass is 32.2. The van der Waals surface area contributed by atoms with Crippen LogP contribution in [0.25, 0.3) is 0 Å². The van der Waals surface area contributed by atoms with Gasteiger partial charge in [-0.05, 0) is 31.4 Å². The summed E-state index contributed by atoms with van der Waals surface area (Å²) < 4.78 is 11.1. The van der Waals surface area contributed by atoms with Crippen LogP contribution in [0.1, 0.15) is 40.2 Å². The number of carbonyl (C=O) groups is 3. The molecule has 2 heterocycles. The van der Waals surface area contributed by atoms with Gasteiger partial charge < -0.3 is 14.8 Å². The second-order valence-corrected chi connectivity index (χ2v) is 8.75. The maximum absolute atomic E-state index is 12.3. The third-order valence-corrected chi connectivity index (χ3v) is 6.23. The van der Waals surface area contributed by atoms with Crippen LogP contribution in [-0.2, 0) is 9.59 Å². The van der Waals surface area contributed by atoms with Crippen molar-refractivity contribution >= 4 is 46.3 Å². The number of thioether (sulfide) groups is 1. The van der Waals surface area contributed by atoms with E-state index in [-0.39, 0.29) is 43.2 Å². The Labute approximate surface area is 178 Å². The summed E-state index contributed by atoms with van der Waals surface area (Å²) >= 11 is 2.93. The molecule has 0 unspecified atom stereocenters. The zero-order chi connectivity index (χ0) is 20.8. The Hall–Kier alpha value is -2.32. The molecule has 2 aromatic rings. The SMILES string of the molecule is CSc1cc2c(cc1NC(=O)CCC(=O)CCC(=O)c1ccc(C)s1)OCCO2. The van der Waals surface area contributed by atoms with Gasteiger partial charge >= 0.3 is 0 Å². The standard InChI is InChI=1S/C21H23NO5S2/c1-13-3-7-19(29-13)16(24)6-4-14(23)5-8-21(25)22-15-11-17-18(12-20(15)28-2)27-10-9-26-17/h3,7,11-12H,4-6,8-10H2,1-2H3,(H,22,25). The summed E-state index contributed by atoms with van der Waals surface area (Å²) in [6, 6.07) is 7.28. The average molecular weight is 434 g/mol. The van der Waals surface area contributed by atoms with Gasteiger partial charge in [0.25, 0.3) is 0 Å². The number of fused-ring (bicyclic) bond motifs is 1. The van der Waals surface area contributed by atoms with Crippen molar-refractivity contribution in [2.75, 3.05) is 24.8 Å². The molecule has 1 N–H and O–H groups in total. The molecule has 1 aliphatic heterocycles. The number of ketones is 2. The van der Waals surface area contributed by atoms with E-state index in [9.17, 15) is 14.4 Å². The fourth-order valence-electron chi connectivity index (χ4n) is 2.89. The van der Waals surface area contributed by atoms with Gasteiger partial charge in [0.05, 0.1) is 10.6 Å². The maximum Gasteiger partial charge on any atom is 0.224 e. The molecule has 0 radical (unpaired) electrons. The summed E-state index contributed by atoms with van der Waals surface area (Å²) in [6.45, 7) is 2.91. The highest BCUT2D eigenvalue weighted by Crippen LogP contribution is 2.39. The van der Waals surface area contributed by atoms with Crippen LogP contribution in [0.2, 0.25) is 0 Å². The van der Waals surface area contributed by atoms with Crippen molar-refractivity contribution in [1.29, 1.82) is 0 Å². The van der Waals surface area contributed by atoms with Gasteiger partial charge in [-0.1, -0.05) is 0 Å². The highest BCUT2D eigenvalue weighted by molar-refractivity contribution is 7.98. The molecule has 29 heavy (non-hydrogen) atoms. The van der Waals surface area contributed by atoms with Crippen molar-refractivity contribution in [2.45, 2.75) is 37.5 Å². The number of benzene rings is 1. The van der Waals surface area contributed by atoms with Crippen LogP contribution >= 0.6 is 23.1 Å². The number of anilines is 1. The smallest absolute Gasteiger partial charge is 0.224 e. The fraction of sp³-hybridized carbons (Fsp3) is 0.381. The number of carbonyl (C=O) groups excluding carboxylic acids is 3. The van der Waals surface area contributed by atoms with Crippen LogP contribution in [0.3, 0.4) is 0 Å². The molecule has 1 aliphatic rings. The number of nitrogens with one attached hydrogen (secondary N) is 1. The van der Waals surface area contributed by atoms with Crippen LogP contribution in [0.5, 0.6) is 11.5 Å². The first-order valence-corrected chi connectivity index (χ1v) is 11.4. The molecule has 0 aliphatic carbocycles. The molecule has 1 amide bonds. The third kappa shape index (κ3) is 5.83. The largest absolute Gasteiger partial charge is 0.486 e. The van der Waals surface area contributed by atoms with Crippen molar-refractivity contribution in [2.24, 2.45) is 0 Å². The van der Waals surface area contributed by atoms with Gasteiger partial charge in [-0.25, -0.2) is 0 Å². The normalized spacial score (nSPS) is 12.5. The fourth-order valence-corrected chi connectivity index (χ4v) is 4.28. The molecular formula is C21H23NO5S2. The van der Waals surface area contributed by atoms with Crippen LogP contribution in [0.4, 0.5) is 5.69 Å². The molecule has 1 aromatic heterocycles. The van der Waals surface area contributed by atoms with Crippen LogP contribution in [-0.4, -0.2) is 36.9 Å². The third-order valence-electron chi connectivity index (χ3n) is 4.42. The number of hydrogen-bond donors (Lipinski definition) is 1. The van der Waals surface area contributed by atoms with E-state index >= 15 is 0 Å². The average Bonchev–Trinajstić information content (AvgIpc) is 3.16. The second kappa shape index (κ2) is 9.93. The molecule has 8 heteroatoms. The number of thiophene rings is 1. The van der Waals surface area contributed by atoms with Gasteiger partial charge in [-0.15, -0.1) is 23.1 Å². The van der Waals surface area contributed by atoms with E-state index in [1.54, 1.807) is 12.1 Å². The van der Waals surface area contributed by atoms with Crippen molar-refractivity contribution in [3.8, 4) is 11.5 Å². The van der Waals surface area contributed by atoms with E-state index in [0.717, 1.165) is 9.77 Å². The van der Waals surface area contributed by atoms with Gasteiger partial charge in [0.2, 0.25) is 5.91 Å². The van der Waals surface area contributed by atoms with E-state index in [1.165, 1.54) is 23.1 Å². The van der Waals surface area contributed by atoms with Gasteiger partial charge in [0.1, 0.15) is 19.0 Å². The summed E-state index contributed by atoms with van der Waals surface area (Å²) in [4.78, 5) is 39.1. The van der Waals surface area contributed by atoms with Crippen LogP contribution in [0.15, 0.2) is 29.2 Å². The molecule has 0 saturated carbocycles. The minimum absolute atomic E-state index is 0.0261. The molecule has 0 fully saturated rings. The first-order chi connectivity index (χ1) is 14.0. The Morgan fingerprint density at radius 1 is 1.03 bits per heavy atom. The molecule has 0 spiro atoms. The molecule has 3 rings (SSSR count). The predicted molar refractivity (Wildman–Crippen MR) is 115 cm³/mol. The van der Waals surface area contributed by atoms with E-state index in [4.69, 9.17) is 9.47 Å². The molecule has 0 saturated heterocycles. The first kappa shape index (κ1) is 21.4. The lowest BCUT2D eigenvalue weighted by atomic mass is 10.1. The van der Waals surface area contributed by atoms with Crippen LogP contribution in [0, 0.1) is 6.92 Å². The van der Waals surface area contributed by atoms with E-state index in [0.29, 0.717) is 35.3 Å². The summed E-state index contributed by atoms with van der Waals surface area (Å²) in [6.07, 6.45) is 2.44. The van der Waals surface area contributed by atoms with Gasteiger partial charge in [0, 0.05) is 41.5 Å². The quantitative estimate of drug-likeness (QED) is 0.463. The van der Waals surface area contributed by atoms with E-state index in [2.05, 4.69) is 5.32 Å². The first-order valence-electron chi connectivity index (χ1n) is 9.35. The second-order valence-electron chi connectivity index (χ2n) is 6.62. The lowest BCUT2D eigenvalue weighted by Crippen LogP contribution is -2.17. The Morgan fingerprint density at radius 3 is 2.38 bits per heavy atom. The topological polar surface area (TPSA) is 81.7 Å². The van der Waals surface area contributed by atoms with Gasteiger partial charge in [-0.3, -0.25) is 14.4 Å². The number of ether oxygens (including phenoxy) is 2. The van der Waals surface area contributed by atoms with Crippen molar-refractivity contribution in [1.82, 2.24) is 0 Å². The zero-order valence-corrected chi connectivity index (χ0v) is 18.0. The summed E-state index contributed by atoms with van der Waals surface area (Å²) in [5.41, 5.74) is 0.641.